The number of sulfonamides is 1. The van der Waals surface area contributed by atoms with Gasteiger partial charge in [0.15, 0.2) is 0 Å². The molecule has 23 heavy (non-hydrogen) atoms. The lowest BCUT2D eigenvalue weighted by molar-refractivity contribution is 0.102. The molecular weight excluding hydrogens is 387 g/mol. The summed E-state index contributed by atoms with van der Waals surface area (Å²) in [6.45, 7) is 0. The van der Waals surface area contributed by atoms with Crippen LogP contribution < -0.4 is 5.32 Å². The number of rotatable bonds is 4. The van der Waals surface area contributed by atoms with Crippen molar-refractivity contribution >= 4 is 37.5 Å². The van der Waals surface area contributed by atoms with Crippen molar-refractivity contribution in [3.8, 4) is 0 Å². The maximum Gasteiger partial charge on any atom is 0.256 e. The molecule has 2 aromatic carbocycles. The van der Waals surface area contributed by atoms with Crippen LogP contribution in [0.4, 0.5) is 10.1 Å². The Bertz CT molecular complexity index is 854. The van der Waals surface area contributed by atoms with Crippen molar-refractivity contribution in [2.45, 2.75) is 4.90 Å². The van der Waals surface area contributed by atoms with E-state index in [4.69, 9.17) is 0 Å². The monoisotopic (exact) mass is 400 g/mol. The summed E-state index contributed by atoms with van der Waals surface area (Å²) in [6, 6.07) is 9.61. The molecule has 2 aromatic rings. The third-order valence-electron chi connectivity index (χ3n) is 3.04. The number of anilines is 1. The van der Waals surface area contributed by atoms with Gasteiger partial charge in [-0.05, 0) is 52.3 Å². The van der Waals surface area contributed by atoms with E-state index in [9.17, 15) is 17.6 Å². The summed E-state index contributed by atoms with van der Waals surface area (Å²) >= 11 is 3.18. The summed E-state index contributed by atoms with van der Waals surface area (Å²) < 4.78 is 39.0. The SMILES string of the molecule is CN(C)S(=O)(=O)c1cccc(NC(=O)c2cc(F)ccc2Br)c1. The Morgan fingerprint density at radius 2 is 1.87 bits per heavy atom. The average molecular weight is 401 g/mol. The fourth-order valence-electron chi connectivity index (χ4n) is 1.82. The number of nitrogens with zero attached hydrogens (tertiary/aromatic N) is 1. The summed E-state index contributed by atoms with van der Waals surface area (Å²) in [6.07, 6.45) is 0. The molecule has 0 aliphatic heterocycles. The molecule has 1 N–H and O–H groups in total. The summed E-state index contributed by atoms with van der Waals surface area (Å²) in [5.74, 6) is -1.09. The Hall–Kier alpha value is -1.77. The molecule has 0 spiro atoms. The second-order valence-corrected chi connectivity index (χ2v) is 7.90. The molecule has 0 fully saturated rings. The van der Waals surface area contributed by atoms with E-state index < -0.39 is 21.7 Å². The van der Waals surface area contributed by atoms with E-state index in [-0.39, 0.29) is 10.5 Å². The van der Waals surface area contributed by atoms with Crippen LogP contribution in [0.3, 0.4) is 0 Å². The van der Waals surface area contributed by atoms with Crippen LogP contribution in [0, 0.1) is 5.82 Å². The minimum Gasteiger partial charge on any atom is -0.322 e. The van der Waals surface area contributed by atoms with Gasteiger partial charge in [-0.25, -0.2) is 17.1 Å². The van der Waals surface area contributed by atoms with Crippen LogP contribution in [0.15, 0.2) is 51.8 Å². The normalized spacial score (nSPS) is 11.5. The zero-order valence-corrected chi connectivity index (χ0v) is 14.8. The van der Waals surface area contributed by atoms with Crippen LogP contribution in [0.5, 0.6) is 0 Å². The molecule has 5 nitrogen and oxygen atoms in total. The highest BCUT2D eigenvalue weighted by atomic mass is 79.9. The molecule has 0 bridgehead atoms. The van der Waals surface area contributed by atoms with Crippen molar-refractivity contribution < 1.29 is 17.6 Å². The third-order valence-corrected chi connectivity index (χ3v) is 5.55. The predicted molar refractivity (Wildman–Crippen MR) is 89.4 cm³/mol. The lowest BCUT2D eigenvalue weighted by atomic mass is 10.2. The number of carbonyl (C=O) groups is 1. The first-order valence-electron chi connectivity index (χ1n) is 6.51. The molecular formula is C15H14BrFN2O3S. The van der Waals surface area contributed by atoms with Gasteiger partial charge in [0, 0.05) is 24.3 Å². The van der Waals surface area contributed by atoms with Crippen LogP contribution in [-0.2, 0) is 10.0 Å². The Kier molecular flexibility index (Phi) is 5.18. The first-order chi connectivity index (χ1) is 10.7. The van der Waals surface area contributed by atoms with Gasteiger partial charge in [0.05, 0.1) is 10.5 Å². The van der Waals surface area contributed by atoms with E-state index in [1.807, 2.05) is 0 Å². The molecule has 0 aliphatic carbocycles. The van der Waals surface area contributed by atoms with Crippen molar-refractivity contribution in [3.05, 3.63) is 58.3 Å². The quantitative estimate of drug-likeness (QED) is 0.857. The number of hydrogen-bond donors (Lipinski definition) is 1. The van der Waals surface area contributed by atoms with Crippen molar-refractivity contribution in [1.29, 1.82) is 0 Å². The molecule has 8 heteroatoms. The molecule has 1 amide bonds. The van der Waals surface area contributed by atoms with Gasteiger partial charge in [0.1, 0.15) is 5.82 Å². The van der Waals surface area contributed by atoms with E-state index in [1.165, 1.54) is 44.4 Å². The number of benzene rings is 2. The van der Waals surface area contributed by atoms with Gasteiger partial charge in [-0.15, -0.1) is 0 Å². The van der Waals surface area contributed by atoms with Crippen molar-refractivity contribution in [2.24, 2.45) is 0 Å². The second-order valence-electron chi connectivity index (χ2n) is 4.89. The highest BCUT2D eigenvalue weighted by Gasteiger charge is 2.18. The van der Waals surface area contributed by atoms with Crippen LogP contribution in [0.2, 0.25) is 0 Å². The average Bonchev–Trinajstić information content (AvgIpc) is 2.49. The fourth-order valence-corrected chi connectivity index (χ4v) is 3.19. The molecule has 0 atom stereocenters. The topological polar surface area (TPSA) is 66.5 Å². The first-order valence-corrected chi connectivity index (χ1v) is 8.74. The number of amides is 1. The molecule has 122 valence electrons. The minimum atomic E-state index is -3.60. The van der Waals surface area contributed by atoms with E-state index in [1.54, 1.807) is 6.07 Å². The van der Waals surface area contributed by atoms with Crippen LogP contribution in [0.25, 0.3) is 0 Å². The van der Waals surface area contributed by atoms with Gasteiger partial charge < -0.3 is 5.32 Å². The molecule has 0 aromatic heterocycles. The van der Waals surface area contributed by atoms with Gasteiger partial charge in [0.25, 0.3) is 5.91 Å². The number of hydrogen-bond acceptors (Lipinski definition) is 3. The zero-order chi connectivity index (χ0) is 17.2. The first kappa shape index (κ1) is 17.6. The Balaban J connectivity index is 2.31. The van der Waals surface area contributed by atoms with Crippen molar-refractivity contribution in [3.63, 3.8) is 0 Å². The fraction of sp³-hybridized carbons (Fsp3) is 0.133. The standard InChI is InChI=1S/C15H14BrFN2O3S/c1-19(2)23(21,22)12-5-3-4-11(9-12)18-15(20)13-8-10(17)6-7-14(13)16/h3-9H,1-2H3,(H,18,20). The molecule has 2 rings (SSSR count). The summed E-state index contributed by atoms with van der Waals surface area (Å²) in [5.41, 5.74) is 0.417. The Morgan fingerprint density at radius 1 is 1.17 bits per heavy atom. The minimum absolute atomic E-state index is 0.0543. The molecule has 0 heterocycles. The Labute approximate surface area is 142 Å². The van der Waals surface area contributed by atoms with E-state index in [0.29, 0.717) is 10.2 Å². The van der Waals surface area contributed by atoms with Gasteiger partial charge in [0.2, 0.25) is 10.0 Å². The number of halogens is 2. The van der Waals surface area contributed by atoms with Crippen molar-refractivity contribution in [2.75, 3.05) is 19.4 Å². The third kappa shape index (κ3) is 3.95. The summed E-state index contributed by atoms with van der Waals surface area (Å²) in [7, 11) is -0.760. The Morgan fingerprint density at radius 3 is 2.52 bits per heavy atom. The largest absolute Gasteiger partial charge is 0.322 e. The van der Waals surface area contributed by atoms with Crippen LogP contribution in [-0.4, -0.2) is 32.7 Å². The highest BCUT2D eigenvalue weighted by molar-refractivity contribution is 9.10. The molecule has 0 saturated heterocycles. The molecule has 0 unspecified atom stereocenters. The van der Waals surface area contributed by atoms with E-state index in [0.717, 1.165) is 10.4 Å². The number of carbonyl (C=O) groups excluding carboxylic acids is 1. The predicted octanol–water partition coefficient (Wildman–Crippen LogP) is 3.09. The summed E-state index contributed by atoms with van der Waals surface area (Å²) in [5, 5.41) is 2.56. The molecule has 0 aliphatic rings. The van der Waals surface area contributed by atoms with Gasteiger partial charge in [-0.1, -0.05) is 6.07 Å². The smallest absolute Gasteiger partial charge is 0.256 e. The lowest BCUT2D eigenvalue weighted by Gasteiger charge is -2.13. The van der Waals surface area contributed by atoms with E-state index in [2.05, 4.69) is 21.2 Å². The van der Waals surface area contributed by atoms with Crippen molar-refractivity contribution in [1.82, 2.24) is 4.31 Å². The van der Waals surface area contributed by atoms with Crippen LogP contribution >= 0.6 is 15.9 Å². The second kappa shape index (κ2) is 6.77. The van der Waals surface area contributed by atoms with Gasteiger partial charge >= 0.3 is 0 Å². The maximum atomic E-state index is 13.3. The number of nitrogens with one attached hydrogen (secondary N) is 1. The zero-order valence-electron chi connectivity index (χ0n) is 12.4. The maximum absolute atomic E-state index is 13.3. The van der Waals surface area contributed by atoms with Gasteiger partial charge in [-0.3, -0.25) is 4.79 Å². The molecule has 0 radical (unpaired) electrons. The van der Waals surface area contributed by atoms with Crippen LogP contribution in [0.1, 0.15) is 10.4 Å². The highest BCUT2D eigenvalue weighted by Crippen LogP contribution is 2.21. The molecule has 0 saturated carbocycles. The summed E-state index contributed by atoms with van der Waals surface area (Å²) in [4.78, 5) is 12.3. The van der Waals surface area contributed by atoms with Gasteiger partial charge in [-0.2, -0.15) is 0 Å². The van der Waals surface area contributed by atoms with E-state index >= 15 is 0 Å². The lowest BCUT2D eigenvalue weighted by Crippen LogP contribution is -2.22.